The standard InChI is InChI=1S/C20H23ClIN3O5S/c1-20(2)6-12-15(17(28)25-30-8-11(27)7-26)19(31-16(12)18(29)23-9-20)24-14-4-3-10(22)5-13(14)21/h3-5,11,24,26-27H,6-9H2,1-2H3,(H,23,29)(H,25,28)/t11-/m1/s1. The molecule has 0 fully saturated rings. The summed E-state index contributed by atoms with van der Waals surface area (Å²) in [5, 5.41) is 25.4. The molecule has 0 saturated heterocycles. The van der Waals surface area contributed by atoms with E-state index in [0.29, 0.717) is 44.7 Å². The Hall–Kier alpha value is -1.44. The van der Waals surface area contributed by atoms with Gasteiger partial charge in [-0.15, -0.1) is 11.3 Å². The highest BCUT2D eigenvalue weighted by Gasteiger charge is 2.34. The maximum absolute atomic E-state index is 13.0. The number of hydrogen-bond donors (Lipinski definition) is 5. The number of amides is 2. The third-order valence-electron chi connectivity index (χ3n) is 4.65. The van der Waals surface area contributed by atoms with Gasteiger partial charge in [-0.3, -0.25) is 14.4 Å². The number of carbonyl (C=O) groups excluding carboxylic acids is 2. The number of halogens is 2. The largest absolute Gasteiger partial charge is 0.394 e. The van der Waals surface area contributed by atoms with Crippen LogP contribution in [-0.4, -0.2) is 47.9 Å². The first-order valence-electron chi connectivity index (χ1n) is 9.48. The number of aliphatic hydroxyl groups excluding tert-OH is 2. The first kappa shape index (κ1) is 24.2. The molecule has 2 heterocycles. The van der Waals surface area contributed by atoms with Gasteiger partial charge in [0.2, 0.25) is 0 Å². The highest BCUT2D eigenvalue weighted by atomic mass is 127. The Labute approximate surface area is 202 Å². The van der Waals surface area contributed by atoms with Crippen LogP contribution >= 0.6 is 45.5 Å². The zero-order chi connectivity index (χ0) is 22.8. The molecule has 1 aliphatic heterocycles. The van der Waals surface area contributed by atoms with Crippen molar-refractivity contribution in [3.8, 4) is 0 Å². The maximum Gasteiger partial charge on any atom is 0.278 e. The molecule has 1 atom stereocenters. The van der Waals surface area contributed by atoms with Gasteiger partial charge in [0.1, 0.15) is 17.7 Å². The minimum Gasteiger partial charge on any atom is -0.394 e. The molecule has 0 bridgehead atoms. The molecule has 1 aromatic heterocycles. The number of rotatable bonds is 7. The molecule has 0 spiro atoms. The number of aliphatic hydroxyl groups is 2. The van der Waals surface area contributed by atoms with E-state index in [0.717, 1.165) is 3.57 Å². The van der Waals surface area contributed by atoms with Gasteiger partial charge in [0.05, 0.1) is 27.8 Å². The molecule has 11 heteroatoms. The summed E-state index contributed by atoms with van der Waals surface area (Å²) < 4.78 is 0.963. The van der Waals surface area contributed by atoms with Gasteiger partial charge >= 0.3 is 0 Å². The van der Waals surface area contributed by atoms with Gasteiger partial charge in [-0.05, 0) is 58.2 Å². The summed E-state index contributed by atoms with van der Waals surface area (Å²) >= 11 is 9.68. The zero-order valence-electron chi connectivity index (χ0n) is 16.9. The second-order valence-electron chi connectivity index (χ2n) is 7.97. The van der Waals surface area contributed by atoms with Crippen LogP contribution in [0.15, 0.2) is 18.2 Å². The van der Waals surface area contributed by atoms with Gasteiger partial charge in [-0.2, -0.15) is 0 Å². The summed E-state index contributed by atoms with van der Waals surface area (Å²) in [4.78, 5) is 31.3. The molecule has 0 unspecified atom stereocenters. The Kier molecular flexibility index (Phi) is 7.81. The highest BCUT2D eigenvalue weighted by Crippen LogP contribution is 2.41. The number of benzene rings is 1. The van der Waals surface area contributed by atoms with Crippen LogP contribution in [0.3, 0.4) is 0 Å². The van der Waals surface area contributed by atoms with Crippen LogP contribution in [0.1, 0.15) is 39.4 Å². The number of hydrogen-bond acceptors (Lipinski definition) is 7. The lowest BCUT2D eigenvalue weighted by Crippen LogP contribution is -2.32. The van der Waals surface area contributed by atoms with Gasteiger partial charge in [-0.25, -0.2) is 5.48 Å². The number of hydroxylamine groups is 1. The van der Waals surface area contributed by atoms with Crippen molar-refractivity contribution in [1.82, 2.24) is 10.8 Å². The summed E-state index contributed by atoms with van der Waals surface area (Å²) in [6, 6.07) is 5.47. The van der Waals surface area contributed by atoms with Crippen LogP contribution < -0.4 is 16.1 Å². The van der Waals surface area contributed by atoms with Crippen LogP contribution in [0.2, 0.25) is 5.02 Å². The van der Waals surface area contributed by atoms with Crippen LogP contribution in [-0.2, 0) is 11.3 Å². The van der Waals surface area contributed by atoms with Crippen LogP contribution in [0.25, 0.3) is 0 Å². The lowest BCUT2D eigenvalue weighted by molar-refractivity contribution is -0.0295. The third-order valence-corrected chi connectivity index (χ3v) is 6.78. The third kappa shape index (κ3) is 5.88. The van der Waals surface area contributed by atoms with Crippen molar-refractivity contribution in [1.29, 1.82) is 0 Å². The molecule has 8 nitrogen and oxygen atoms in total. The minimum atomic E-state index is -1.12. The zero-order valence-corrected chi connectivity index (χ0v) is 20.7. The monoisotopic (exact) mass is 579 g/mol. The predicted octanol–water partition coefficient (Wildman–Crippen LogP) is 3.08. The Morgan fingerprint density at radius 1 is 1.45 bits per heavy atom. The Morgan fingerprint density at radius 2 is 2.19 bits per heavy atom. The smallest absolute Gasteiger partial charge is 0.278 e. The molecular weight excluding hydrogens is 557 g/mol. The molecule has 2 aromatic rings. The average molecular weight is 580 g/mol. The molecule has 1 aliphatic rings. The van der Waals surface area contributed by atoms with Crippen molar-refractivity contribution in [2.24, 2.45) is 5.41 Å². The number of nitrogens with one attached hydrogen (secondary N) is 3. The van der Waals surface area contributed by atoms with Crippen molar-refractivity contribution < 1.29 is 24.6 Å². The molecule has 1 aromatic carbocycles. The lowest BCUT2D eigenvalue weighted by atomic mass is 9.85. The predicted molar refractivity (Wildman–Crippen MR) is 128 cm³/mol. The molecule has 31 heavy (non-hydrogen) atoms. The maximum atomic E-state index is 13.0. The molecule has 0 radical (unpaired) electrons. The van der Waals surface area contributed by atoms with Crippen molar-refractivity contribution in [2.45, 2.75) is 26.4 Å². The normalized spacial score (nSPS) is 16.1. The molecule has 5 N–H and O–H groups in total. The molecule has 0 saturated carbocycles. The van der Waals surface area contributed by atoms with E-state index in [1.165, 1.54) is 11.3 Å². The number of anilines is 2. The lowest BCUT2D eigenvalue weighted by Gasteiger charge is -2.22. The fraction of sp³-hybridized carbons (Fsp3) is 0.400. The van der Waals surface area contributed by atoms with E-state index < -0.39 is 18.6 Å². The molecular formula is C20H23ClIN3O5S. The van der Waals surface area contributed by atoms with E-state index in [1.807, 2.05) is 19.9 Å². The Balaban J connectivity index is 2.00. The first-order chi connectivity index (χ1) is 14.6. The van der Waals surface area contributed by atoms with Gasteiger partial charge < -0.3 is 20.8 Å². The highest BCUT2D eigenvalue weighted by molar-refractivity contribution is 14.1. The van der Waals surface area contributed by atoms with Crippen LogP contribution in [0.5, 0.6) is 0 Å². The van der Waals surface area contributed by atoms with Gasteiger partial charge in [0, 0.05) is 10.1 Å². The van der Waals surface area contributed by atoms with E-state index in [9.17, 15) is 14.7 Å². The van der Waals surface area contributed by atoms with Gasteiger partial charge in [-0.1, -0.05) is 25.4 Å². The second-order valence-corrected chi connectivity index (χ2v) is 10.6. The summed E-state index contributed by atoms with van der Waals surface area (Å²) in [6.07, 6.45) is -0.616. The van der Waals surface area contributed by atoms with Gasteiger partial charge in [0.15, 0.2) is 0 Å². The van der Waals surface area contributed by atoms with E-state index >= 15 is 0 Å². The van der Waals surface area contributed by atoms with E-state index in [2.05, 4.69) is 38.7 Å². The quantitative estimate of drug-likeness (QED) is 0.254. The molecule has 0 aliphatic carbocycles. The summed E-state index contributed by atoms with van der Waals surface area (Å²) in [5.41, 5.74) is 3.56. The number of thiophene rings is 1. The summed E-state index contributed by atoms with van der Waals surface area (Å²) in [6.45, 7) is 3.75. The van der Waals surface area contributed by atoms with E-state index in [4.69, 9.17) is 21.5 Å². The van der Waals surface area contributed by atoms with Crippen LogP contribution in [0, 0.1) is 8.99 Å². The fourth-order valence-corrected chi connectivity index (χ4v) is 5.16. The number of fused-ring (bicyclic) bond motifs is 1. The van der Waals surface area contributed by atoms with E-state index in [1.54, 1.807) is 12.1 Å². The Bertz CT molecular complexity index is 997. The SMILES string of the molecule is CC1(C)CNC(=O)c2sc(Nc3ccc(I)cc3Cl)c(C(=O)NOC[C@H](O)CO)c2C1. The topological polar surface area (TPSA) is 120 Å². The van der Waals surface area contributed by atoms with Gasteiger partial charge in [0.25, 0.3) is 11.8 Å². The second kappa shape index (κ2) is 10.0. The van der Waals surface area contributed by atoms with Crippen molar-refractivity contribution in [3.05, 3.63) is 42.8 Å². The minimum absolute atomic E-state index is 0.238. The van der Waals surface area contributed by atoms with Crippen molar-refractivity contribution in [2.75, 3.05) is 25.1 Å². The Morgan fingerprint density at radius 3 is 2.87 bits per heavy atom. The fourth-order valence-electron chi connectivity index (χ4n) is 3.11. The summed E-state index contributed by atoms with van der Waals surface area (Å²) in [5.74, 6) is -0.796. The van der Waals surface area contributed by atoms with Crippen LogP contribution in [0.4, 0.5) is 10.7 Å². The average Bonchev–Trinajstić information content (AvgIpc) is 3.00. The summed E-state index contributed by atoms with van der Waals surface area (Å²) in [7, 11) is 0. The van der Waals surface area contributed by atoms with E-state index in [-0.39, 0.29) is 17.9 Å². The van der Waals surface area contributed by atoms with Crippen molar-refractivity contribution >= 4 is 68.0 Å². The molecule has 168 valence electrons. The molecule has 2 amide bonds. The number of carbonyl (C=O) groups is 2. The first-order valence-corrected chi connectivity index (χ1v) is 11.8. The van der Waals surface area contributed by atoms with Crippen molar-refractivity contribution in [3.63, 3.8) is 0 Å². The molecule has 3 rings (SSSR count).